The van der Waals surface area contributed by atoms with Crippen LogP contribution in [0.3, 0.4) is 0 Å². The standard InChI is InChI=1S/C20H38N6O.HI/c1-5-18(6-2)19(26-10-12-27-13-11-26)15-23-20(21-3)22-9-7-8-17-14-24-25(4)16-17;/h14,16,18-19H,5-13,15H2,1-4H3,(H2,21,22,23);1H. The van der Waals surface area contributed by atoms with Crippen LogP contribution in [-0.4, -0.2) is 73.1 Å². The molecule has 1 aromatic rings. The molecule has 0 spiro atoms. The van der Waals surface area contributed by atoms with E-state index in [-0.39, 0.29) is 24.0 Å². The molecule has 1 unspecified atom stereocenters. The Morgan fingerprint density at radius 1 is 1.25 bits per heavy atom. The fourth-order valence-corrected chi connectivity index (χ4v) is 3.86. The highest BCUT2D eigenvalue weighted by molar-refractivity contribution is 14.0. The van der Waals surface area contributed by atoms with Crippen LogP contribution < -0.4 is 10.6 Å². The van der Waals surface area contributed by atoms with E-state index in [1.807, 2.05) is 25.0 Å². The number of halogens is 1. The molecule has 0 saturated carbocycles. The van der Waals surface area contributed by atoms with Gasteiger partial charge in [-0.2, -0.15) is 5.10 Å². The molecule has 2 heterocycles. The second-order valence-electron chi connectivity index (χ2n) is 7.30. The van der Waals surface area contributed by atoms with Gasteiger partial charge in [-0.05, 0) is 24.3 Å². The minimum atomic E-state index is 0. The average molecular weight is 506 g/mol. The monoisotopic (exact) mass is 506 g/mol. The normalized spacial score (nSPS) is 16.7. The van der Waals surface area contributed by atoms with Crippen molar-refractivity contribution in [3.63, 3.8) is 0 Å². The fourth-order valence-electron chi connectivity index (χ4n) is 3.86. The summed E-state index contributed by atoms with van der Waals surface area (Å²) in [6.07, 6.45) is 8.52. The molecular formula is C20H39IN6O. The molecule has 1 aromatic heterocycles. The smallest absolute Gasteiger partial charge is 0.191 e. The molecule has 0 amide bonds. The van der Waals surface area contributed by atoms with E-state index < -0.39 is 0 Å². The first-order chi connectivity index (χ1) is 13.2. The molecule has 1 aliphatic rings. The lowest BCUT2D eigenvalue weighted by Crippen LogP contribution is -2.53. The maximum Gasteiger partial charge on any atom is 0.191 e. The van der Waals surface area contributed by atoms with Crippen molar-refractivity contribution in [3.8, 4) is 0 Å². The number of hydrogen-bond acceptors (Lipinski definition) is 4. The molecule has 28 heavy (non-hydrogen) atoms. The molecule has 1 atom stereocenters. The van der Waals surface area contributed by atoms with Gasteiger partial charge in [0.05, 0.1) is 19.4 Å². The molecule has 0 aliphatic carbocycles. The van der Waals surface area contributed by atoms with Crippen LogP contribution in [0.25, 0.3) is 0 Å². The van der Waals surface area contributed by atoms with E-state index in [2.05, 4.69) is 45.7 Å². The lowest BCUT2D eigenvalue weighted by atomic mass is 9.92. The highest BCUT2D eigenvalue weighted by Gasteiger charge is 2.26. The zero-order valence-corrected chi connectivity index (χ0v) is 20.3. The van der Waals surface area contributed by atoms with Crippen molar-refractivity contribution in [3.05, 3.63) is 18.0 Å². The van der Waals surface area contributed by atoms with E-state index in [9.17, 15) is 0 Å². The van der Waals surface area contributed by atoms with Crippen molar-refractivity contribution in [1.29, 1.82) is 0 Å². The summed E-state index contributed by atoms with van der Waals surface area (Å²) in [5.41, 5.74) is 1.28. The minimum absolute atomic E-state index is 0. The first kappa shape index (κ1) is 25.2. The van der Waals surface area contributed by atoms with E-state index in [0.717, 1.165) is 58.2 Å². The maximum absolute atomic E-state index is 5.54. The number of nitrogens with one attached hydrogen (secondary N) is 2. The Morgan fingerprint density at radius 3 is 2.54 bits per heavy atom. The molecule has 2 N–H and O–H groups in total. The quantitative estimate of drug-likeness (QED) is 0.221. The van der Waals surface area contributed by atoms with Crippen molar-refractivity contribution >= 4 is 29.9 Å². The summed E-state index contributed by atoms with van der Waals surface area (Å²) < 4.78 is 7.40. The predicted molar refractivity (Wildman–Crippen MR) is 127 cm³/mol. The second kappa shape index (κ2) is 14.2. The third-order valence-electron chi connectivity index (χ3n) is 5.50. The van der Waals surface area contributed by atoms with Gasteiger partial charge in [0, 0.05) is 52.5 Å². The minimum Gasteiger partial charge on any atom is -0.379 e. The van der Waals surface area contributed by atoms with Gasteiger partial charge in [-0.3, -0.25) is 14.6 Å². The zero-order chi connectivity index (χ0) is 19.5. The molecule has 0 bridgehead atoms. The fraction of sp³-hybridized carbons (Fsp3) is 0.800. The summed E-state index contributed by atoms with van der Waals surface area (Å²) in [7, 11) is 3.80. The van der Waals surface area contributed by atoms with E-state index >= 15 is 0 Å². The summed E-state index contributed by atoms with van der Waals surface area (Å²) in [6.45, 7) is 10.2. The highest BCUT2D eigenvalue weighted by Crippen LogP contribution is 2.19. The Kier molecular flexibility index (Phi) is 12.7. The average Bonchev–Trinajstić information content (AvgIpc) is 3.12. The number of ether oxygens (including phenoxy) is 1. The number of rotatable bonds is 10. The van der Waals surface area contributed by atoms with Crippen LogP contribution >= 0.6 is 24.0 Å². The van der Waals surface area contributed by atoms with Crippen LogP contribution in [0.1, 0.15) is 38.7 Å². The van der Waals surface area contributed by atoms with Crippen molar-refractivity contribution in [2.24, 2.45) is 18.0 Å². The van der Waals surface area contributed by atoms with Crippen molar-refractivity contribution < 1.29 is 4.74 Å². The molecule has 7 nitrogen and oxygen atoms in total. The van der Waals surface area contributed by atoms with Gasteiger partial charge in [-0.1, -0.05) is 26.7 Å². The molecule has 0 radical (unpaired) electrons. The Bertz CT molecular complexity index is 555. The zero-order valence-electron chi connectivity index (χ0n) is 18.0. The van der Waals surface area contributed by atoms with Gasteiger partial charge in [0.15, 0.2) is 5.96 Å². The summed E-state index contributed by atoms with van der Waals surface area (Å²) in [6, 6.07) is 0.526. The van der Waals surface area contributed by atoms with E-state index in [4.69, 9.17) is 4.74 Å². The largest absolute Gasteiger partial charge is 0.379 e. The Balaban J connectivity index is 0.00000392. The summed E-state index contributed by atoms with van der Waals surface area (Å²) in [5, 5.41) is 11.2. The molecule has 2 rings (SSSR count). The molecule has 8 heteroatoms. The Morgan fingerprint density at radius 2 is 1.96 bits per heavy atom. The Labute approximate surface area is 187 Å². The lowest BCUT2D eigenvalue weighted by Gasteiger charge is -2.39. The van der Waals surface area contributed by atoms with Crippen LogP contribution in [0.4, 0.5) is 0 Å². The number of aliphatic imine (C=N–C) groups is 1. The summed E-state index contributed by atoms with van der Waals surface area (Å²) in [4.78, 5) is 6.99. The van der Waals surface area contributed by atoms with Gasteiger partial charge in [0.1, 0.15) is 0 Å². The van der Waals surface area contributed by atoms with Crippen LogP contribution in [0.5, 0.6) is 0 Å². The number of hydrogen-bond donors (Lipinski definition) is 2. The lowest BCUT2D eigenvalue weighted by molar-refractivity contribution is 0.00272. The first-order valence-corrected chi connectivity index (χ1v) is 10.4. The molecule has 1 fully saturated rings. The summed E-state index contributed by atoms with van der Waals surface area (Å²) >= 11 is 0. The number of aromatic nitrogens is 2. The van der Waals surface area contributed by atoms with Gasteiger partial charge in [-0.25, -0.2) is 0 Å². The van der Waals surface area contributed by atoms with Crippen molar-refractivity contribution in [2.75, 3.05) is 46.4 Å². The molecule has 1 aliphatic heterocycles. The highest BCUT2D eigenvalue weighted by atomic mass is 127. The van der Waals surface area contributed by atoms with E-state index in [1.165, 1.54) is 18.4 Å². The third-order valence-corrected chi connectivity index (χ3v) is 5.50. The van der Waals surface area contributed by atoms with Gasteiger partial charge in [0.2, 0.25) is 0 Å². The molecule has 162 valence electrons. The number of guanidine groups is 1. The number of morpholine rings is 1. The van der Waals surface area contributed by atoms with Crippen molar-refractivity contribution in [1.82, 2.24) is 25.3 Å². The van der Waals surface area contributed by atoms with Crippen LogP contribution in [0.15, 0.2) is 17.4 Å². The van der Waals surface area contributed by atoms with Crippen LogP contribution in [0.2, 0.25) is 0 Å². The second-order valence-corrected chi connectivity index (χ2v) is 7.30. The summed E-state index contributed by atoms with van der Waals surface area (Å²) in [5.74, 6) is 1.59. The topological polar surface area (TPSA) is 66.7 Å². The van der Waals surface area contributed by atoms with Gasteiger partial charge in [0.25, 0.3) is 0 Å². The molecule has 0 aromatic carbocycles. The molecular weight excluding hydrogens is 467 g/mol. The third kappa shape index (κ3) is 8.24. The maximum atomic E-state index is 5.54. The molecule has 1 saturated heterocycles. The predicted octanol–water partition coefficient (Wildman–Crippen LogP) is 2.27. The van der Waals surface area contributed by atoms with Crippen LogP contribution in [-0.2, 0) is 18.2 Å². The SMILES string of the molecule is CCC(CC)C(CNC(=NC)NCCCc1cnn(C)c1)N1CCOCC1.I. The number of aryl methyl sites for hydroxylation is 2. The van der Waals surface area contributed by atoms with Crippen LogP contribution in [0, 0.1) is 5.92 Å². The van der Waals surface area contributed by atoms with Gasteiger partial charge in [-0.15, -0.1) is 24.0 Å². The van der Waals surface area contributed by atoms with Gasteiger partial charge < -0.3 is 15.4 Å². The van der Waals surface area contributed by atoms with E-state index in [1.54, 1.807) is 0 Å². The Hall–Kier alpha value is -0.870. The van der Waals surface area contributed by atoms with Crippen molar-refractivity contribution in [2.45, 2.75) is 45.6 Å². The first-order valence-electron chi connectivity index (χ1n) is 10.4. The number of nitrogens with zero attached hydrogens (tertiary/aromatic N) is 4. The van der Waals surface area contributed by atoms with Gasteiger partial charge >= 0.3 is 0 Å². The van der Waals surface area contributed by atoms with E-state index in [0.29, 0.717) is 12.0 Å².